The number of carbonyl (C=O) groups excluding carboxylic acids is 1. The van der Waals surface area contributed by atoms with Gasteiger partial charge in [-0.25, -0.2) is 4.98 Å². The number of H-pyrrole nitrogens is 2. The van der Waals surface area contributed by atoms with Crippen molar-refractivity contribution in [3.63, 3.8) is 0 Å². The van der Waals surface area contributed by atoms with Crippen LogP contribution in [0.5, 0.6) is 0 Å². The second-order valence-corrected chi connectivity index (χ2v) is 8.04. The van der Waals surface area contributed by atoms with Crippen LogP contribution in [0.4, 0.5) is 0 Å². The number of nitrogens with one attached hydrogen (secondary N) is 3. The van der Waals surface area contributed by atoms with Crippen molar-refractivity contribution in [3.8, 4) is 0 Å². The maximum Gasteiger partial charge on any atom is 0.273 e. The highest BCUT2D eigenvalue weighted by Gasteiger charge is 2.24. The van der Waals surface area contributed by atoms with Crippen molar-refractivity contribution in [2.24, 2.45) is 5.92 Å². The summed E-state index contributed by atoms with van der Waals surface area (Å²) in [4.78, 5) is 20.8. The van der Waals surface area contributed by atoms with Gasteiger partial charge in [-0.15, -0.1) is 0 Å². The number of benzene rings is 1. The van der Waals surface area contributed by atoms with Crippen LogP contribution in [0, 0.1) is 5.92 Å². The maximum absolute atomic E-state index is 12.8. The van der Waals surface area contributed by atoms with Gasteiger partial charge < -0.3 is 10.3 Å². The second kappa shape index (κ2) is 7.61. The van der Waals surface area contributed by atoms with Gasteiger partial charge in [-0.05, 0) is 46.3 Å². The smallest absolute Gasteiger partial charge is 0.273 e. The van der Waals surface area contributed by atoms with Crippen LogP contribution in [-0.2, 0) is 0 Å². The zero-order valence-corrected chi connectivity index (χ0v) is 17.0. The molecular formula is C19H24BrN5O. The number of fused-ring (bicyclic) bond motifs is 1. The van der Waals surface area contributed by atoms with Crippen LogP contribution in [0.2, 0.25) is 0 Å². The summed E-state index contributed by atoms with van der Waals surface area (Å²) in [5.41, 5.74) is 3.15. The third-order valence-corrected chi connectivity index (χ3v) is 5.08. The molecule has 0 radical (unpaired) electrons. The van der Waals surface area contributed by atoms with E-state index >= 15 is 0 Å². The molecule has 0 bridgehead atoms. The topological polar surface area (TPSA) is 86.5 Å². The number of imidazole rings is 1. The van der Waals surface area contributed by atoms with E-state index in [0.29, 0.717) is 11.6 Å². The number of halogens is 1. The molecule has 0 saturated carbocycles. The molecule has 26 heavy (non-hydrogen) atoms. The predicted molar refractivity (Wildman–Crippen MR) is 106 cm³/mol. The third kappa shape index (κ3) is 3.82. The van der Waals surface area contributed by atoms with Crippen LogP contribution in [0.15, 0.2) is 28.7 Å². The highest BCUT2D eigenvalue weighted by molar-refractivity contribution is 9.10. The minimum atomic E-state index is -0.217. The molecule has 3 aromatic rings. The Morgan fingerprint density at radius 2 is 1.96 bits per heavy atom. The highest BCUT2D eigenvalue weighted by atomic mass is 79.9. The molecular weight excluding hydrogens is 394 g/mol. The van der Waals surface area contributed by atoms with Crippen molar-refractivity contribution >= 4 is 32.9 Å². The lowest BCUT2D eigenvalue weighted by atomic mass is 10.0. The molecule has 2 heterocycles. The van der Waals surface area contributed by atoms with E-state index in [-0.39, 0.29) is 17.9 Å². The van der Waals surface area contributed by atoms with Gasteiger partial charge >= 0.3 is 0 Å². The number of rotatable bonds is 6. The van der Waals surface area contributed by atoms with Crippen molar-refractivity contribution < 1.29 is 4.79 Å². The monoisotopic (exact) mass is 417 g/mol. The van der Waals surface area contributed by atoms with Gasteiger partial charge in [0.2, 0.25) is 0 Å². The Labute approximate surface area is 161 Å². The zero-order valence-electron chi connectivity index (χ0n) is 15.4. The molecule has 0 aliphatic carbocycles. The standard InChI is InChI=1S/C19H24BrN5O/c1-10(2)9-14(18-21-12-7-5-6-8-13(12)22-18)23-19(26)17-15(20)16(11(3)4)24-25-17/h5-8,10-11,14H,9H2,1-4H3,(H,21,22)(H,23,26)(H,24,25). The largest absolute Gasteiger partial charge is 0.341 e. The fourth-order valence-electron chi connectivity index (χ4n) is 2.95. The Morgan fingerprint density at radius 3 is 2.58 bits per heavy atom. The molecule has 0 aliphatic heterocycles. The van der Waals surface area contributed by atoms with Gasteiger partial charge in [0, 0.05) is 0 Å². The van der Waals surface area contributed by atoms with Gasteiger partial charge in [-0.2, -0.15) is 5.10 Å². The molecule has 0 fully saturated rings. The Kier molecular flexibility index (Phi) is 5.46. The summed E-state index contributed by atoms with van der Waals surface area (Å²) < 4.78 is 0.720. The Hall–Kier alpha value is -2.15. The van der Waals surface area contributed by atoms with E-state index in [1.165, 1.54) is 0 Å². The normalized spacial score (nSPS) is 12.9. The van der Waals surface area contributed by atoms with E-state index in [1.807, 2.05) is 24.3 Å². The first-order chi connectivity index (χ1) is 12.4. The van der Waals surface area contributed by atoms with E-state index < -0.39 is 0 Å². The lowest BCUT2D eigenvalue weighted by Gasteiger charge is -2.18. The number of nitrogens with zero attached hydrogens (tertiary/aromatic N) is 2. The van der Waals surface area contributed by atoms with Crippen LogP contribution in [0.1, 0.15) is 68.1 Å². The van der Waals surface area contributed by atoms with E-state index in [1.54, 1.807) is 0 Å². The number of hydrogen-bond acceptors (Lipinski definition) is 3. The Morgan fingerprint density at radius 1 is 1.23 bits per heavy atom. The highest BCUT2D eigenvalue weighted by Crippen LogP contribution is 2.27. The van der Waals surface area contributed by atoms with Gasteiger partial charge in [0.1, 0.15) is 5.82 Å². The molecule has 1 amide bonds. The van der Waals surface area contributed by atoms with Crippen molar-refractivity contribution in [2.45, 2.75) is 46.1 Å². The molecule has 1 aromatic carbocycles. The minimum absolute atomic E-state index is 0.207. The van der Waals surface area contributed by atoms with Crippen molar-refractivity contribution in [2.75, 3.05) is 0 Å². The number of carbonyl (C=O) groups is 1. The first-order valence-corrected chi connectivity index (χ1v) is 9.65. The van der Waals surface area contributed by atoms with E-state index in [4.69, 9.17) is 0 Å². The molecule has 2 aromatic heterocycles. The Bertz CT molecular complexity index is 879. The summed E-state index contributed by atoms with van der Waals surface area (Å²) in [6, 6.07) is 7.66. The summed E-state index contributed by atoms with van der Waals surface area (Å²) in [5.74, 6) is 1.21. The fraction of sp³-hybridized carbons (Fsp3) is 0.421. The molecule has 3 rings (SSSR count). The Balaban J connectivity index is 1.87. The first-order valence-electron chi connectivity index (χ1n) is 8.86. The van der Waals surface area contributed by atoms with E-state index in [2.05, 4.69) is 69.1 Å². The molecule has 0 spiro atoms. The number of para-hydroxylation sites is 2. The average Bonchev–Trinajstić information content (AvgIpc) is 3.17. The summed E-state index contributed by atoms with van der Waals surface area (Å²) in [5, 5.41) is 10.2. The summed E-state index contributed by atoms with van der Waals surface area (Å²) in [6.45, 7) is 8.36. The van der Waals surface area contributed by atoms with E-state index in [0.717, 1.165) is 33.4 Å². The zero-order chi connectivity index (χ0) is 18.8. The van der Waals surface area contributed by atoms with Crippen molar-refractivity contribution in [3.05, 3.63) is 46.0 Å². The van der Waals surface area contributed by atoms with Crippen LogP contribution >= 0.6 is 15.9 Å². The molecule has 3 N–H and O–H groups in total. The maximum atomic E-state index is 12.8. The van der Waals surface area contributed by atoms with Crippen molar-refractivity contribution in [1.82, 2.24) is 25.5 Å². The molecule has 0 saturated heterocycles. The quantitative estimate of drug-likeness (QED) is 0.543. The molecule has 138 valence electrons. The molecule has 6 nitrogen and oxygen atoms in total. The third-order valence-electron chi connectivity index (χ3n) is 4.28. The lowest BCUT2D eigenvalue weighted by Crippen LogP contribution is -2.30. The van der Waals surface area contributed by atoms with Gasteiger partial charge in [-0.1, -0.05) is 39.8 Å². The molecule has 1 atom stereocenters. The number of hydrogen-bond donors (Lipinski definition) is 3. The predicted octanol–water partition coefficient (Wildman–Crippen LogP) is 4.69. The SMILES string of the molecule is CC(C)CC(NC(=O)c1n[nH]c(C(C)C)c1Br)c1nc2ccccc2[nH]1. The molecule has 7 heteroatoms. The van der Waals surface area contributed by atoms with Crippen LogP contribution in [0.3, 0.4) is 0 Å². The van der Waals surface area contributed by atoms with Gasteiger partial charge in [0.15, 0.2) is 5.69 Å². The van der Waals surface area contributed by atoms with Gasteiger partial charge in [0.05, 0.1) is 27.2 Å². The number of aromatic nitrogens is 4. The second-order valence-electron chi connectivity index (χ2n) is 7.25. The molecule has 1 unspecified atom stereocenters. The van der Waals surface area contributed by atoms with Gasteiger partial charge in [0.25, 0.3) is 5.91 Å². The van der Waals surface area contributed by atoms with Crippen LogP contribution in [0.25, 0.3) is 11.0 Å². The molecule has 0 aliphatic rings. The summed E-state index contributed by atoms with van der Waals surface area (Å²) >= 11 is 3.50. The fourth-order valence-corrected chi connectivity index (χ4v) is 3.76. The van der Waals surface area contributed by atoms with Gasteiger partial charge in [-0.3, -0.25) is 9.89 Å². The van der Waals surface area contributed by atoms with E-state index in [9.17, 15) is 4.79 Å². The van der Waals surface area contributed by atoms with Crippen LogP contribution in [-0.4, -0.2) is 26.1 Å². The lowest BCUT2D eigenvalue weighted by molar-refractivity contribution is 0.0924. The van der Waals surface area contributed by atoms with Crippen molar-refractivity contribution in [1.29, 1.82) is 0 Å². The summed E-state index contributed by atoms with van der Waals surface area (Å²) in [7, 11) is 0. The minimum Gasteiger partial charge on any atom is -0.341 e. The summed E-state index contributed by atoms with van der Waals surface area (Å²) in [6.07, 6.45) is 0.782. The number of amides is 1. The first kappa shape index (κ1) is 18.6. The van der Waals surface area contributed by atoms with Crippen LogP contribution < -0.4 is 5.32 Å². The average molecular weight is 418 g/mol. The number of aromatic amines is 2.